The molecule has 0 aromatic heterocycles. The summed E-state index contributed by atoms with van der Waals surface area (Å²) >= 11 is 0. The summed E-state index contributed by atoms with van der Waals surface area (Å²) in [7, 11) is 0. The van der Waals surface area contributed by atoms with Crippen molar-refractivity contribution in [1.29, 1.82) is 0 Å². The lowest BCUT2D eigenvalue weighted by atomic mass is 10.1. The van der Waals surface area contributed by atoms with E-state index in [9.17, 15) is 4.39 Å². The van der Waals surface area contributed by atoms with Crippen LogP contribution in [-0.2, 0) is 4.74 Å². The van der Waals surface area contributed by atoms with Crippen LogP contribution in [0.5, 0.6) is 0 Å². The maximum absolute atomic E-state index is 13.5. The van der Waals surface area contributed by atoms with E-state index in [0.29, 0.717) is 6.10 Å². The molecule has 0 spiro atoms. The molecule has 1 aliphatic heterocycles. The molecule has 2 nitrogen and oxygen atoms in total. The molecular weight excluding hydrogens is 229 g/mol. The highest BCUT2D eigenvalue weighted by Crippen LogP contribution is 2.18. The minimum Gasteiger partial charge on any atom is -0.378 e. The lowest BCUT2D eigenvalue weighted by Crippen LogP contribution is -2.21. The zero-order valence-electron chi connectivity index (χ0n) is 11.0. The second kappa shape index (κ2) is 6.86. The van der Waals surface area contributed by atoms with Crippen molar-refractivity contribution in [1.82, 2.24) is 5.32 Å². The normalized spacial score (nSPS) is 21.1. The first-order valence-corrected chi connectivity index (χ1v) is 6.87. The summed E-state index contributed by atoms with van der Waals surface area (Å²) in [5.41, 5.74) is 0.745. The molecule has 0 saturated carbocycles. The molecule has 1 aromatic carbocycles. The first kappa shape index (κ1) is 13.5. The van der Waals surface area contributed by atoms with E-state index in [1.165, 1.54) is 18.9 Å². The lowest BCUT2D eigenvalue weighted by molar-refractivity contribution is 0.102. The summed E-state index contributed by atoms with van der Waals surface area (Å²) in [5.74, 6) is -0.128. The molecule has 1 unspecified atom stereocenters. The standard InChI is InChI=1S/C15H22FNO/c1-12(14-8-2-3-9-15(14)16)17-10-4-6-13-7-5-11-18-13/h2-3,8-9,12-13,17H,4-7,10-11H2,1H3/t12-,13?/m1/s1. The zero-order valence-corrected chi connectivity index (χ0v) is 11.0. The van der Waals surface area contributed by atoms with Gasteiger partial charge in [0.05, 0.1) is 6.10 Å². The maximum atomic E-state index is 13.5. The Hall–Kier alpha value is -0.930. The van der Waals surface area contributed by atoms with Gasteiger partial charge in [-0.25, -0.2) is 4.39 Å². The Bertz CT molecular complexity index is 363. The third-order valence-corrected chi connectivity index (χ3v) is 3.55. The fourth-order valence-corrected chi connectivity index (χ4v) is 2.46. The van der Waals surface area contributed by atoms with Crippen LogP contribution in [0.3, 0.4) is 0 Å². The molecule has 1 heterocycles. The van der Waals surface area contributed by atoms with E-state index < -0.39 is 0 Å². The van der Waals surface area contributed by atoms with Gasteiger partial charge in [-0.1, -0.05) is 18.2 Å². The van der Waals surface area contributed by atoms with Gasteiger partial charge in [0, 0.05) is 18.2 Å². The molecule has 1 aliphatic rings. The van der Waals surface area contributed by atoms with Crippen LogP contribution in [0.25, 0.3) is 0 Å². The molecule has 0 radical (unpaired) electrons. The van der Waals surface area contributed by atoms with Crippen LogP contribution < -0.4 is 5.32 Å². The summed E-state index contributed by atoms with van der Waals surface area (Å²) in [6.45, 7) is 3.84. The molecule has 1 N–H and O–H groups in total. The highest BCUT2D eigenvalue weighted by Gasteiger charge is 2.15. The van der Waals surface area contributed by atoms with Crippen LogP contribution in [0, 0.1) is 5.82 Å². The topological polar surface area (TPSA) is 21.3 Å². The molecule has 0 amide bonds. The molecule has 0 aliphatic carbocycles. The Kier molecular flexibility index (Phi) is 5.14. The van der Waals surface area contributed by atoms with Gasteiger partial charge in [-0.2, -0.15) is 0 Å². The maximum Gasteiger partial charge on any atom is 0.127 e. The Morgan fingerprint density at radius 1 is 1.44 bits per heavy atom. The van der Waals surface area contributed by atoms with Crippen molar-refractivity contribution in [3.05, 3.63) is 35.6 Å². The highest BCUT2D eigenvalue weighted by molar-refractivity contribution is 5.20. The zero-order chi connectivity index (χ0) is 12.8. The van der Waals surface area contributed by atoms with Crippen molar-refractivity contribution in [2.75, 3.05) is 13.2 Å². The van der Waals surface area contributed by atoms with Gasteiger partial charge in [-0.05, 0) is 45.2 Å². The predicted octanol–water partition coefficient (Wildman–Crippen LogP) is 3.44. The number of hydrogen-bond donors (Lipinski definition) is 1. The third kappa shape index (κ3) is 3.79. The van der Waals surface area contributed by atoms with Gasteiger partial charge in [0.25, 0.3) is 0 Å². The van der Waals surface area contributed by atoms with E-state index in [1.54, 1.807) is 6.07 Å². The SMILES string of the molecule is C[C@@H](NCCCC1CCCO1)c1ccccc1F. The molecule has 18 heavy (non-hydrogen) atoms. The number of halogens is 1. The van der Waals surface area contributed by atoms with Gasteiger partial charge in [-0.3, -0.25) is 0 Å². The van der Waals surface area contributed by atoms with Gasteiger partial charge in [0.15, 0.2) is 0 Å². The van der Waals surface area contributed by atoms with Gasteiger partial charge in [0.1, 0.15) is 5.82 Å². The average molecular weight is 251 g/mol. The van der Waals surface area contributed by atoms with Crippen molar-refractivity contribution >= 4 is 0 Å². The van der Waals surface area contributed by atoms with Crippen molar-refractivity contribution in [2.45, 2.75) is 44.8 Å². The number of ether oxygens (including phenoxy) is 1. The predicted molar refractivity (Wildman–Crippen MR) is 71.0 cm³/mol. The quantitative estimate of drug-likeness (QED) is 0.782. The molecule has 2 rings (SSSR count). The van der Waals surface area contributed by atoms with Gasteiger partial charge in [0.2, 0.25) is 0 Å². The van der Waals surface area contributed by atoms with E-state index in [-0.39, 0.29) is 11.9 Å². The fraction of sp³-hybridized carbons (Fsp3) is 0.600. The molecule has 3 heteroatoms. The van der Waals surface area contributed by atoms with Crippen LogP contribution >= 0.6 is 0 Å². The smallest absolute Gasteiger partial charge is 0.127 e. The van der Waals surface area contributed by atoms with Crippen LogP contribution in [0.4, 0.5) is 4.39 Å². The average Bonchev–Trinajstić information content (AvgIpc) is 2.88. The molecular formula is C15H22FNO. The number of benzene rings is 1. The minimum absolute atomic E-state index is 0.0655. The first-order chi connectivity index (χ1) is 8.77. The van der Waals surface area contributed by atoms with Crippen LogP contribution in [0.15, 0.2) is 24.3 Å². The van der Waals surface area contributed by atoms with Crippen LogP contribution in [0.1, 0.15) is 44.2 Å². The number of hydrogen-bond acceptors (Lipinski definition) is 2. The Balaban J connectivity index is 1.68. The Morgan fingerprint density at radius 3 is 3.00 bits per heavy atom. The largest absolute Gasteiger partial charge is 0.378 e. The fourth-order valence-electron chi connectivity index (χ4n) is 2.46. The monoisotopic (exact) mass is 251 g/mol. The van der Waals surface area contributed by atoms with Crippen molar-refractivity contribution in [2.24, 2.45) is 0 Å². The van der Waals surface area contributed by atoms with E-state index in [1.807, 2.05) is 19.1 Å². The van der Waals surface area contributed by atoms with E-state index >= 15 is 0 Å². The van der Waals surface area contributed by atoms with Gasteiger partial charge < -0.3 is 10.1 Å². The second-order valence-electron chi connectivity index (χ2n) is 4.97. The summed E-state index contributed by atoms with van der Waals surface area (Å²) < 4.78 is 19.1. The summed E-state index contributed by atoms with van der Waals surface area (Å²) in [4.78, 5) is 0. The van der Waals surface area contributed by atoms with E-state index in [4.69, 9.17) is 4.74 Å². The highest BCUT2D eigenvalue weighted by atomic mass is 19.1. The molecule has 0 bridgehead atoms. The molecule has 100 valence electrons. The summed E-state index contributed by atoms with van der Waals surface area (Å²) in [5, 5.41) is 3.37. The molecule has 1 aromatic rings. The molecule has 1 fully saturated rings. The van der Waals surface area contributed by atoms with Crippen molar-refractivity contribution in [3.63, 3.8) is 0 Å². The number of rotatable bonds is 6. The second-order valence-corrected chi connectivity index (χ2v) is 4.97. The van der Waals surface area contributed by atoms with Crippen LogP contribution in [0.2, 0.25) is 0 Å². The first-order valence-electron chi connectivity index (χ1n) is 6.87. The van der Waals surface area contributed by atoms with Gasteiger partial charge >= 0.3 is 0 Å². The molecule has 2 atom stereocenters. The van der Waals surface area contributed by atoms with E-state index in [0.717, 1.165) is 31.6 Å². The summed E-state index contributed by atoms with van der Waals surface area (Å²) in [6.07, 6.45) is 5.04. The summed E-state index contributed by atoms with van der Waals surface area (Å²) in [6, 6.07) is 7.02. The number of nitrogens with one attached hydrogen (secondary N) is 1. The third-order valence-electron chi connectivity index (χ3n) is 3.55. The van der Waals surface area contributed by atoms with Gasteiger partial charge in [-0.15, -0.1) is 0 Å². The van der Waals surface area contributed by atoms with E-state index in [2.05, 4.69) is 5.32 Å². The lowest BCUT2D eigenvalue weighted by Gasteiger charge is -2.15. The van der Waals surface area contributed by atoms with Crippen molar-refractivity contribution < 1.29 is 9.13 Å². The Labute approximate surface area is 109 Å². The van der Waals surface area contributed by atoms with Crippen LogP contribution in [-0.4, -0.2) is 19.3 Å². The Morgan fingerprint density at radius 2 is 2.28 bits per heavy atom. The minimum atomic E-state index is -0.128. The van der Waals surface area contributed by atoms with Crippen molar-refractivity contribution in [3.8, 4) is 0 Å². The molecule has 1 saturated heterocycles.